The lowest BCUT2D eigenvalue weighted by molar-refractivity contribution is 0.242. The second-order valence-corrected chi connectivity index (χ2v) is 6.01. The summed E-state index contributed by atoms with van der Waals surface area (Å²) >= 11 is 6.14. The molecule has 0 unspecified atom stereocenters. The number of halogens is 2. The minimum absolute atomic E-state index is 0.272. The Kier molecular flexibility index (Phi) is 4.42. The third-order valence-corrected chi connectivity index (χ3v) is 4.35. The van der Waals surface area contributed by atoms with Gasteiger partial charge in [-0.3, -0.25) is 4.90 Å². The van der Waals surface area contributed by atoms with E-state index in [-0.39, 0.29) is 5.82 Å². The van der Waals surface area contributed by atoms with Crippen LogP contribution in [0.1, 0.15) is 29.5 Å². The third-order valence-electron chi connectivity index (χ3n) is 4.00. The minimum atomic E-state index is -0.272. The van der Waals surface area contributed by atoms with Gasteiger partial charge in [0, 0.05) is 29.7 Å². The van der Waals surface area contributed by atoms with E-state index in [1.807, 2.05) is 24.3 Å². The molecule has 0 aromatic heterocycles. The van der Waals surface area contributed by atoms with E-state index >= 15 is 0 Å². The highest BCUT2D eigenvalue weighted by Crippen LogP contribution is 2.32. The highest BCUT2D eigenvalue weighted by Gasteiger charge is 2.30. The SMILES string of the molecule is N#Cc1ccccc1CN(Cc1c(F)cccc1Cl)C1CC1. The van der Waals surface area contributed by atoms with E-state index in [1.165, 1.54) is 6.07 Å². The van der Waals surface area contributed by atoms with Crippen LogP contribution in [0, 0.1) is 17.1 Å². The van der Waals surface area contributed by atoms with Gasteiger partial charge in [-0.15, -0.1) is 0 Å². The summed E-state index contributed by atoms with van der Waals surface area (Å²) in [4.78, 5) is 2.21. The zero-order valence-corrected chi connectivity index (χ0v) is 12.9. The average molecular weight is 315 g/mol. The lowest BCUT2D eigenvalue weighted by Crippen LogP contribution is -2.26. The Morgan fingerprint density at radius 2 is 1.91 bits per heavy atom. The van der Waals surface area contributed by atoms with Crippen LogP contribution < -0.4 is 0 Å². The molecule has 0 atom stereocenters. The van der Waals surface area contributed by atoms with Gasteiger partial charge >= 0.3 is 0 Å². The van der Waals surface area contributed by atoms with Crippen LogP contribution in [-0.2, 0) is 13.1 Å². The first-order valence-corrected chi connectivity index (χ1v) is 7.72. The molecule has 0 amide bonds. The number of hydrogen-bond donors (Lipinski definition) is 0. The molecular weight excluding hydrogens is 299 g/mol. The maximum absolute atomic E-state index is 14.0. The quantitative estimate of drug-likeness (QED) is 0.811. The van der Waals surface area contributed by atoms with Crippen LogP contribution in [0.5, 0.6) is 0 Å². The van der Waals surface area contributed by atoms with Crippen molar-refractivity contribution in [3.8, 4) is 6.07 Å². The van der Waals surface area contributed by atoms with Crippen molar-refractivity contribution >= 4 is 11.6 Å². The summed E-state index contributed by atoms with van der Waals surface area (Å²) in [5, 5.41) is 9.67. The van der Waals surface area contributed by atoms with E-state index in [1.54, 1.807) is 12.1 Å². The predicted molar refractivity (Wildman–Crippen MR) is 84.8 cm³/mol. The molecule has 1 saturated carbocycles. The topological polar surface area (TPSA) is 27.0 Å². The third kappa shape index (κ3) is 3.30. The molecule has 0 N–H and O–H groups in total. The van der Waals surface area contributed by atoms with Gasteiger partial charge in [0.05, 0.1) is 11.6 Å². The van der Waals surface area contributed by atoms with Gasteiger partial charge in [-0.2, -0.15) is 5.26 Å². The van der Waals surface area contributed by atoms with E-state index < -0.39 is 0 Å². The number of nitrogens with zero attached hydrogens (tertiary/aromatic N) is 2. The van der Waals surface area contributed by atoms with Gasteiger partial charge in [-0.1, -0.05) is 35.9 Å². The number of nitriles is 1. The predicted octanol–water partition coefficient (Wildman–Crippen LogP) is 4.52. The molecular formula is C18H16ClFN2. The second-order valence-electron chi connectivity index (χ2n) is 5.61. The van der Waals surface area contributed by atoms with Gasteiger partial charge in [0.2, 0.25) is 0 Å². The average Bonchev–Trinajstić information content (AvgIpc) is 3.35. The molecule has 4 heteroatoms. The fourth-order valence-electron chi connectivity index (χ4n) is 2.63. The van der Waals surface area contributed by atoms with Gasteiger partial charge in [-0.05, 0) is 36.6 Å². The molecule has 2 aromatic rings. The van der Waals surface area contributed by atoms with E-state index in [4.69, 9.17) is 11.6 Å². The van der Waals surface area contributed by atoms with Crippen LogP contribution in [0.15, 0.2) is 42.5 Å². The molecule has 0 radical (unpaired) electrons. The molecule has 0 saturated heterocycles. The monoisotopic (exact) mass is 314 g/mol. The zero-order valence-electron chi connectivity index (χ0n) is 12.1. The van der Waals surface area contributed by atoms with Crippen molar-refractivity contribution < 1.29 is 4.39 Å². The van der Waals surface area contributed by atoms with Gasteiger partial charge in [-0.25, -0.2) is 4.39 Å². The molecule has 112 valence electrons. The van der Waals surface area contributed by atoms with Crippen LogP contribution in [-0.4, -0.2) is 10.9 Å². The summed E-state index contributed by atoms with van der Waals surface area (Å²) < 4.78 is 14.0. The number of hydrogen-bond acceptors (Lipinski definition) is 2. The van der Waals surface area contributed by atoms with Crippen LogP contribution in [0.4, 0.5) is 4.39 Å². The van der Waals surface area contributed by atoms with Crippen LogP contribution in [0.3, 0.4) is 0 Å². The molecule has 22 heavy (non-hydrogen) atoms. The Labute approximate surface area is 134 Å². The summed E-state index contributed by atoms with van der Waals surface area (Å²) in [6.07, 6.45) is 2.22. The normalized spacial score (nSPS) is 14.1. The first kappa shape index (κ1) is 15.0. The Morgan fingerprint density at radius 1 is 1.14 bits per heavy atom. The van der Waals surface area contributed by atoms with Crippen molar-refractivity contribution in [3.63, 3.8) is 0 Å². The summed E-state index contributed by atoms with van der Waals surface area (Å²) in [6, 6.07) is 15.0. The first-order chi connectivity index (χ1) is 10.7. The second kappa shape index (κ2) is 6.48. The number of rotatable bonds is 5. The molecule has 0 spiro atoms. The van der Waals surface area contributed by atoms with Gasteiger partial charge in [0.1, 0.15) is 5.82 Å². The largest absolute Gasteiger partial charge is 0.292 e. The van der Waals surface area contributed by atoms with Crippen molar-refractivity contribution in [3.05, 3.63) is 70.0 Å². The highest BCUT2D eigenvalue weighted by molar-refractivity contribution is 6.31. The minimum Gasteiger partial charge on any atom is -0.292 e. The molecule has 3 rings (SSSR count). The van der Waals surface area contributed by atoms with Gasteiger partial charge < -0.3 is 0 Å². The summed E-state index contributed by atoms with van der Waals surface area (Å²) in [5.41, 5.74) is 2.18. The zero-order chi connectivity index (χ0) is 15.5. The molecule has 0 aliphatic heterocycles. The van der Waals surface area contributed by atoms with Crippen molar-refractivity contribution in [2.45, 2.75) is 32.0 Å². The lowest BCUT2D eigenvalue weighted by atomic mass is 10.1. The molecule has 1 fully saturated rings. The van der Waals surface area contributed by atoms with E-state index in [2.05, 4.69) is 11.0 Å². The molecule has 0 bridgehead atoms. The molecule has 1 aliphatic rings. The van der Waals surface area contributed by atoms with Gasteiger partial charge in [0.25, 0.3) is 0 Å². The maximum Gasteiger partial charge on any atom is 0.129 e. The molecule has 2 nitrogen and oxygen atoms in total. The molecule has 1 aliphatic carbocycles. The van der Waals surface area contributed by atoms with Crippen LogP contribution >= 0.6 is 11.6 Å². The Bertz CT molecular complexity index is 699. The first-order valence-electron chi connectivity index (χ1n) is 7.34. The Balaban J connectivity index is 1.84. The van der Waals surface area contributed by atoms with Crippen LogP contribution in [0.25, 0.3) is 0 Å². The maximum atomic E-state index is 14.0. The smallest absolute Gasteiger partial charge is 0.129 e. The summed E-state index contributed by atoms with van der Waals surface area (Å²) in [6.45, 7) is 1.11. The summed E-state index contributed by atoms with van der Waals surface area (Å²) in [5.74, 6) is -0.272. The summed E-state index contributed by atoms with van der Waals surface area (Å²) in [7, 11) is 0. The lowest BCUT2D eigenvalue weighted by Gasteiger charge is -2.23. The van der Waals surface area contributed by atoms with E-state index in [9.17, 15) is 9.65 Å². The Morgan fingerprint density at radius 3 is 2.59 bits per heavy atom. The fraction of sp³-hybridized carbons (Fsp3) is 0.278. The van der Waals surface area contributed by atoms with E-state index in [0.29, 0.717) is 35.3 Å². The molecule has 0 heterocycles. The van der Waals surface area contributed by atoms with E-state index in [0.717, 1.165) is 18.4 Å². The highest BCUT2D eigenvalue weighted by atomic mass is 35.5. The molecule has 2 aromatic carbocycles. The fourth-order valence-corrected chi connectivity index (χ4v) is 2.85. The van der Waals surface area contributed by atoms with Gasteiger partial charge in [0.15, 0.2) is 0 Å². The van der Waals surface area contributed by atoms with Crippen molar-refractivity contribution in [1.82, 2.24) is 4.90 Å². The van der Waals surface area contributed by atoms with Crippen molar-refractivity contribution in [1.29, 1.82) is 5.26 Å². The number of benzene rings is 2. The van der Waals surface area contributed by atoms with Crippen LogP contribution in [0.2, 0.25) is 5.02 Å². The van der Waals surface area contributed by atoms with Crippen molar-refractivity contribution in [2.24, 2.45) is 0 Å². The standard InChI is InChI=1S/C18H16ClFN2/c19-17-6-3-7-18(20)16(17)12-22(15-8-9-15)11-14-5-2-1-4-13(14)10-21/h1-7,15H,8-9,11-12H2. The Hall–Kier alpha value is -1.89. The van der Waals surface area contributed by atoms with Crippen molar-refractivity contribution in [2.75, 3.05) is 0 Å².